The highest BCUT2D eigenvalue weighted by Crippen LogP contribution is 2.32. The van der Waals surface area contributed by atoms with Crippen LogP contribution in [0.25, 0.3) is 0 Å². The number of hydrogen-bond acceptors (Lipinski definition) is 3. The van der Waals surface area contributed by atoms with E-state index in [0.717, 1.165) is 17.0 Å². The lowest BCUT2D eigenvalue weighted by Gasteiger charge is -2.24. The van der Waals surface area contributed by atoms with Crippen molar-refractivity contribution < 1.29 is 9.47 Å². The Morgan fingerprint density at radius 2 is 2.10 bits per heavy atom. The van der Waals surface area contributed by atoms with Gasteiger partial charge in [0.05, 0.1) is 18.0 Å². The van der Waals surface area contributed by atoms with E-state index in [4.69, 9.17) is 14.5 Å². The Hall–Kier alpha value is -2.55. The van der Waals surface area contributed by atoms with Gasteiger partial charge in [0.25, 0.3) is 0 Å². The van der Waals surface area contributed by atoms with Crippen molar-refractivity contribution in [3.05, 3.63) is 77.6 Å². The van der Waals surface area contributed by atoms with Gasteiger partial charge in [0.15, 0.2) is 0 Å². The molecule has 0 saturated heterocycles. The Morgan fingerprint density at radius 3 is 3.00 bits per heavy atom. The predicted molar refractivity (Wildman–Crippen MR) is 82.5 cm³/mol. The number of para-hydroxylation sites is 1. The van der Waals surface area contributed by atoms with Crippen LogP contribution in [0.4, 0.5) is 0 Å². The molecule has 1 aliphatic carbocycles. The third-order valence-electron chi connectivity index (χ3n) is 3.83. The first-order chi connectivity index (χ1) is 10.4. The van der Waals surface area contributed by atoms with Crippen LogP contribution in [0.15, 0.2) is 82.6 Å². The van der Waals surface area contributed by atoms with Crippen molar-refractivity contribution in [3.63, 3.8) is 0 Å². The Balaban J connectivity index is 1.66. The zero-order chi connectivity index (χ0) is 14.1. The third kappa shape index (κ3) is 2.21. The lowest BCUT2D eigenvalue weighted by molar-refractivity contribution is 0.314. The second-order valence-corrected chi connectivity index (χ2v) is 5.14. The molecular weight excluding hydrogens is 262 g/mol. The van der Waals surface area contributed by atoms with Gasteiger partial charge >= 0.3 is 0 Å². The van der Waals surface area contributed by atoms with Crippen LogP contribution in [0.2, 0.25) is 0 Å². The molecule has 1 aromatic carbocycles. The standard InChI is InChI=1S/C18H15NO2/c1-2-6-13(7-3-1)21-11-15-14-8-4-5-9-17(14)19-18-12-20-10-16(15)18/h1-10,17H,11-12H2. The van der Waals surface area contributed by atoms with Gasteiger partial charge in [0.1, 0.15) is 19.0 Å². The van der Waals surface area contributed by atoms with Gasteiger partial charge in [0, 0.05) is 11.1 Å². The lowest BCUT2D eigenvalue weighted by Crippen LogP contribution is -2.23. The highest BCUT2D eigenvalue weighted by Gasteiger charge is 2.29. The second-order valence-electron chi connectivity index (χ2n) is 5.14. The fourth-order valence-electron chi connectivity index (χ4n) is 2.78. The molecule has 104 valence electrons. The van der Waals surface area contributed by atoms with Crippen molar-refractivity contribution >= 4 is 5.71 Å². The van der Waals surface area contributed by atoms with Crippen LogP contribution >= 0.6 is 0 Å². The van der Waals surface area contributed by atoms with Gasteiger partial charge in [-0.25, -0.2) is 0 Å². The van der Waals surface area contributed by atoms with Crippen LogP contribution in [0.5, 0.6) is 5.75 Å². The number of hydrogen-bond donors (Lipinski definition) is 0. The van der Waals surface area contributed by atoms with Crippen molar-refractivity contribution in [2.75, 3.05) is 13.2 Å². The van der Waals surface area contributed by atoms with Crippen LogP contribution in [0.3, 0.4) is 0 Å². The maximum Gasteiger partial charge on any atom is 0.130 e. The fourth-order valence-corrected chi connectivity index (χ4v) is 2.78. The summed E-state index contributed by atoms with van der Waals surface area (Å²) in [7, 11) is 0. The van der Waals surface area contributed by atoms with Gasteiger partial charge in [-0.3, -0.25) is 4.99 Å². The average molecular weight is 277 g/mol. The third-order valence-corrected chi connectivity index (χ3v) is 3.83. The summed E-state index contributed by atoms with van der Waals surface area (Å²) in [4.78, 5) is 4.74. The van der Waals surface area contributed by atoms with E-state index in [-0.39, 0.29) is 6.04 Å². The van der Waals surface area contributed by atoms with Crippen molar-refractivity contribution in [3.8, 4) is 5.75 Å². The summed E-state index contributed by atoms with van der Waals surface area (Å²) in [6, 6.07) is 9.97. The number of ether oxygens (including phenoxy) is 2. The quantitative estimate of drug-likeness (QED) is 0.849. The van der Waals surface area contributed by atoms with Gasteiger partial charge in [-0.15, -0.1) is 0 Å². The molecule has 21 heavy (non-hydrogen) atoms. The Bertz CT molecular complexity index is 708. The Morgan fingerprint density at radius 1 is 1.19 bits per heavy atom. The van der Waals surface area contributed by atoms with Gasteiger partial charge in [-0.2, -0.15) is 0 Å². The van der Waals surface area contributed by atoms with E-state index in [9.17, 15) is 0 Å². The summed E-state index contributed by atoms with van der Waals surface area (Å²) in [5.74, 6) is 0.876. The van der Waals surface area contributed by atoms with Crippen molar-refractivity contribution in [2.24, 2.45) is 4.99 Å². The highest BCUT2D eigenvalue weighted by atomic mass is 16.5. The van der Waals surface area contributed by atoms with E-state index in [0.29, 0.717) is 13.2 Å². The minimum Gasteiger partial charge on any atom is -0.494 e. The molecule has 0 bridgehead atoms. The first-order valence-corrected chi connectivity index (χ1v) is 7.07. The number of dihydropyridines is 1. The monoisotopic (exact) mass is 277 g/mol. The van der Waals surface area contributed by atoms with Crippen molar-refractivity contribution in [1.82, 2.24) is 0 Å². The number of benzene rings is 1. The number of rotatable bonds is 3. The van der Waals surface area contributed by atoms with Crippen LogP contribution in [-0.2, 0) is 4.74 Å². The van der Waals surface area contributed by atoms with Crippen molar-refractivity contribution in [2.45, 2.75) is 6.04 Å². The maximum atomic E-state index is 5.94. The van der Waals surface area contributed by atoms with E-state index in [1.807, 2.05) is 42.5 Å². The lowest BCUT2D eigenvalue weighted by atomic mass is 9.88. The molecular formula is C18H15NO2. The van der Waals surface area contributed by atoms with Gasteiger partial charge in [-0.05, 0) is 17.7 Å². The molecule has 1 aromatic rings. The van der Waals surface area contributed by atoms with Crippen LogP contribution < -0.4 is 4.74 Å². The van der Waals surface area contributed by atoms with Gasteiger partial charge in [-0.1, -0.05) is 42.5 Å². The molecule has 0 saturated carbocycles. The van der Waals surface area contributed by atoms with Gasteiger partial charge in [0.2, 0.25) is 0 Å². The molecule has 0 spiro atoms. The molecule has 2 aliphatic heterocycles. The molecule has 1 atom stereocenters. The largest absolute Gasteiger partial charge is 0.494 e. The predicted octanol–water partition coefficient (Wildman–Crippen LogP) is 3.23. The smallest absolute Gasteiger partial charge is 0.130 e. The van der Waals surface area contributed by atoms with E-state index < -0.39 is 0 Å². The first-order valence-electron chi connectivity index (χ1n) is 7.07. The van der Waals surface area contributed by atoms with Crippen LogP contribution in [-0.4, -0.2) is 25.0 Å². The summed E-state index contributed by atoms with van der Waals surface area (Å²) < 4.78 is 11.4. The summed E-state index contributed by atoms with van der Waals surface area (Å²) in [5.41, 5.74) is 4.48. The summed E-state index contributed by atoms with van der Waals surface area (Å²) in [5, 5.41) is 0. The minimum atomic E-state index is 0.0956. The zero-order valence-corrected chi connectivity index (χ0v) is 11.5. The molecule has 0 amide bonds. The molecule has 3 nitrogen and oxygen atoms in total. The van der Waals surface area contributed by atoms with E-state index in [1.165, 1.54) is 11.1 Å². The first kappa shape index (κ1) is 12.2. The number of fused-ring (bicyclic) bond motifs is 2. The van der Waals surface area contributed by atoms with E-state index in [2.05, 4.69) is 12.2 Å². The normalized spacial score (nSPS) is 22.2. The second kappa shape index (κ2) is 5.09. The maximum absolute atomic E-state index is 5.94. The topological polar surface area (TPSA) is 30.8 Å². The molecule has 3 heteroatoms. The van der Waals surface area contributed by atoms with Crippen LogP contribution in [0, 0.1) is 0 Å². The minimum absolute atomic E-state index is 0.0956. The molecule has 1 unspecified atom stereocenters. The summed E-state index contributed by atoms with van der Waals surface area (Å²) in [6.45, 7) is 1.09. The van der Waals surface area contributed by atoms with Gasteiger partial charge < -0.3 is 9.47 Å². The fraction of sp³-hybridized carbons (Fsp3) is 0.167. The summed E-state index contributed by atoms with van der Waals surface area (Å²) in [6.07, 6.45) is 10.1. The Labute approximate surface area is 123 Å². The number of allylic oxidation sites excluding steroid dienone is 2. The number of nitrogens with zero attached hydrogens (tertiary/aromatic N) is 1. The number of aliphatic imine (C=N–C) groups is 1. The molecule has 0 radical (unpaired) electrons. The SMILES string of the molecule is C1=CC2=C(COc3ccccc3)C3=COCC3=NC2C=C1. The Kier molecular flexibility index (Phi) is 2.96. The van der Waals surface area contributed by atoms with Crippen molar-refractivity contribution in [1.29, 1.82) is 0 Å². The molecule has 2 heterocycles. The molecule has 0 N–H and O–H groups in total. The molecule has 0 aromatic heterocycles. The molecule has 0 fully saturated rings. The van der Waals surface area contributed by atoms with E-state index >= 15 is 0 Å². The molecule has 3 aliphatic rings. The molecule has 4 rings (SSSR count). The van der Waals surface area contributed by atoms with Crippen LogP contribution in [0.1, 0.15) is 0 Å². The summed E-state index contributed by atoms with van der Waals surface area (Å²) >= 11 is 0. The highest BCUT2D eigenvalue weighted by molar-refractivity contribution is 6.07. The average Bonchev–Trinajstić information content (AvgIpc) is 3.00. The zero-order valence-electron chi connectivity index (χ0n) is 11.5. The van der Waals surface area contributed by atoms with E-state index in [1.54, 1.807) is 6.26 Å².